The van der Waals surface area contributed by atoms with Crippen LogP contribution in [0.5, 0.6) is 0 Å². The maximum absolute atomic E-state index is 14.4. The molecule has 208 valence electrons. The average molecular weight is 518 g/mol. The summed E-state index contributed by atoms with van der Waals surface area (Å²) in [5.41, 5.74) is -2.01. The first-order valence-electron chi connectivity index (χ1n) is 13.8. The van der Waals surface area contributed by atoms with Gasteiger partial charge in [0.05, 0.1) is 30.1 Å². The monoisotopic (exact) mass is 517 g/mol. The molecule has 3 fully saturated rings. The number of rotatable bonds is 12. The van der Waals surface area contributed by atoms with E-state index in [1.807, 2.05) is 48.5 Å². The number of hydrogen-bond donors (Lipinski definition) is 1. The van der Waals surface area contributed by atoms with Crippen molar-refractivity contribution in [1.82, 2.24) is 14.7 Å². The first-order chi connectivity index (χ1) is 17.4. The first-order valence-corrected chi connectivity index (χ1v) is 13.8. The van der Waals surface area contributed by atoms with Gasteiger partial charge < -0.3 is 24.5 Å². The van der Waals surface area contributed by atoms with Gasteiger partial charge in [-0.1, -0.05) is 39.8 Å². The number of fused-ring (bicyclic) bond motifs is 1. The van der Waals surface area contributed by atoms with E-state index in [-0.39, 0.29) is 42.2 Å². The Morgan fingerprint density at radius 3 is 2.30 bits per heavy atom. The highest BCUT2D eigenvalue weighted by Crippen LogP contribution is 2.66. The largest absolute Gasteiger partial charge is 0.394 e. The lowest BCUT2D eigenvalue weighted by Crippen LogP contribution is -2.60. The highest BCUT2D eigenvalue weighted by atomic mass is 16.5. The first kappa shape index (κ1) is 29.4. The quantitative estimate of drug-likeness (QED) is 0.402. The Labute approximate surface area is 222 Å². The van der Waals surface area contributed by atoms with Gasteiger partial charge in [0.1, 0.15) is 11.6 Å². The van der Waals surface area contributed by atoms with E-state index in [9.17, 15) is 19.5 Å². The van der Waals surface area contributed by atoms with E-state index >= 15 is 0 Å². The second-order valence-corrected chi connectivity index (χ2v) is 11.9. The molecule has 0 aromatic carbocycles. The topological polar surface area (TPSA) is 90.4 Å². The fraction of sp³-hybridized carbons (Fsp3) is 0.759. The smallest absolute Gasteiger partial charge is 0.248 e. The Morgan fingerprint density at radius 2 is 1.81 bits per heavy atom. The lowest BCUT2D eigenvalue weighted by atomic mass is 9.62. The van der Waals surface area contributed by atoms with Gasteiger partial charge in [-0.3, -0.25) is 14.4 Å². The fourth-order valence-electron chi connectivity index (χ4n) is 7.07. The molecule has 0 saturated carbocycles. The van der Waals surface area contributed by atoms with Crippen molar-refractivity contribution < 1.29 is 24.2 Å². The Morgan fingerprint density at radius 1 is 1.19 bits per heavy atom. The van der Waals surface area contributed by atoms with E-state index in [1.165, 1.54) is 0 Å². The van der Waals surface area contributed by atoms with Gasteiger partial charge >= 0.3 is 0 Å². The van der Waals surface area contributed by atoms with E-state index in [4.69, 9.17) is 4.74 Å². The summed E-state index contributed by atoms with van der Waals surface area (Å²) in [6, 6.07) is -1.62. The van der Waals surface area contributed by atoms with Crippen LogP contribution >= 0.6 is 0 Å². The number of carbonyl (C=O) groups is 3. The van der Waals surface area contributed by atoms with Gasteiger partial charge in [0.15, 0.2) is 0 Å². The minimum atomic E-state index is -1.13. The molecule has 0 aliphatic carbocycles. The van der Waals surface area contributed by atoms with E-state index in [2.05, 4.69) is 13.2 Å². The Balaban J connectivity index is 2.21. The average Bonchev–Trinajstić information content (AvgIpc) is 3.34. The van der Waals surface area contributed by atoms with Gasteiger partial charge in [-0.2, -0.15) is 0 Å². The summed E-state index contributed by atoms with van der Waals surface area (Å²) >= 11 is 0. The third kappa shape index (κ3) is 4.44. The Hall–Kier alpha value is -2.19. The van der Waals surface area contributed by atoms with Crippen LogP contribution in [-0.2, 0) is 19.1 Å². The van der Waals surface area contributed by atoms with Crippen LogP contribution in [0.25, 0.3) is 0 Å². The molecular weight excluding hydrogens is 470 g/mol. The molecule has 7 atom stereocenters. The summed E-state index contributed by atoms with van der Waals surface area (Å²) in [4.78, 5) is 47.9. The Kier molecular flexibility index (Phi) is 8.64. The van der Waals surface area contributed by atoms with Crippen LogP contribution < -0.4 is 0 Å². The van der Waals surface area contributed by atoms with Crippen molar-refractivity contribution >= 4 is 17.7 Å². The number of aliphatic hydroxyl groups is 1. The standard InChI is InChI=1S/C29H47N3O5/c1-10-13-30(14-11-2)25(34)22-23-26(35)32(21(17-33)18(4)5)24(27(36)31(15-12-3)19(6)7)29(23)16-20(8)28(22,9)37-29/h10,12,18-24,33H,1,3,11,13-17H2,2,4-9H3/t20?,21-,22-,23-,24?,28+,29?/m0/s1. The van der Waals surface area contributed by atoms with Crippen LogP contribution in [0.4, 0.5) is 0 Å². The number of ether oxygens (including phenoxy) is 1. The number of aliphatic hydroxyl groups excluding tert-OH is 1. The maximum atomic E-state index is 14.4. The van der Waals surface area contributed by atoms with E-state index in [0.717, 1.165) is 6.42 Å². The van der Waals surface area contributed by atoms with Gasteiger partial charge in [0.25, 0.3) is 0 Å². The summed E-state index contributed by atoms with van der Waals surface area (Å²) in [6.45, 7) is 22.4. The zero-order chi connectivity index (χ0) is 27.9. The second kappa shape index (κ2) is 10.9. The minimum absolute atomic E-state index is 0.0357. The molecule has 3 rings (SSSR count). The summed E-state index contributed by atoms with van der Waals surface area (Å²) in [5.74, 6) is -2.24. The third-order valence-electron chi connectivity index (χ3n) is 8.95. The van der Waals surface area contributed by atoms with Gasteiger partial charge in [-0.25, -0.2) is 0 Å². The summed E-state index contributed by atoms with van der Waals surface area (Å²) in [5, 5.41) is 10.4. The van der Waals surface area contributed by atoms with Gasteiger partial charge in [-0.15, -0.1) is 13.2 Å². The number of likely N-dealkylation sites (tertiary alicyclic amines) is 1. The maximum Gasteiger partial charge on any atom is 0.248 e. The molecule has 3 heterocycles. The molecule has 3 unspecified atom stereocenters. The highest BCUT2D eigenvalue weighted by molar-refractivity contribution is 5.99. The number of carbonyl (C=O) groups excluding carboxylic acids is 3. The summed E-state index contributed by atoms with van der Waals surface area (Å²) in [7, 11) is 0. The predicted octanol–water partition coefficient (Wildman–Crippen LogP) is 2.86. The lowest BCUT2D eigenvalue weighted by Gasteiger charge is -2.41. The van der Waals surface area contributed by atoms with Crippen LogP contribution in [0.2, 0.25) is 0 Å². The van der Waals surface area contributed by atoms with Gasteiger partial charge in [0.2, 0.25) is 17.7 Å². The van der Waals surface area contributed by atoms with Crippen molar-refractivity contribution in [3.05, 3.63) is 25.3 Å². The molecule has 0 aromatic heterocycles. The number of amides is 3. The SMILES string of the molecule is C=CCN(CCC)C(=O)[C@@H]1[C@H]2C(=O)N([C@@H](CO)C(C)C)C(C(=O)N(CC=C)C(C)C)C23CC(C)[C@@]1(C)O3. The minimum Gasteiger partial charge on any atom is -0.394 e. The van der Waals surface area contributed by atoms with E-state index < -0.39 is 35.1 Å². The van der Waals surface area contributed by atoms with Crippen molar-refractivity contribution in [2.24, 2.45) is 23.7 Å². The van der Waals surface area contributed by atoms with Crippen LogP contribution in [0, 0.1) is 23.7 Å². The predicted molar refractivity (Wildman–Crippen MR) is 143 cm³/mol. The fourth-order valence-corrected chi connectivity index (χ4v) is 7.07. The van der Waals surface area contributed by atoms with E-state index in [1.54, 1.807) is 26.9 Å². The summed E-state index contributed by atoms with van der Waals surface area (Å²) in [6.07, 6.45) is 4.67. The molecule has 1 N–H and O–H groups in total. The Bertz CT molecular complexity index is 919. The van der Waals surface area contributed by atoms with Gasteiger partial charge in [0, 0.05) is 25.7 Å². The van der Waals surface area contributed by atoms with Crippen LogP contribution in [0.3, 0.4) is 0 Å². The molecule has 0 aromatic rings. The molecule has 8 heteroatoms. The highest BCUT2D eigenvalue weighted by Gasteiger charge is 2.80. The zero-order valence-electron chi connectivity index (χ0n) is 23.8. The second-order valence-electron chi connectivity index (χ2n) is 11.9. The van der Waals surface area contributed by atoms with Crippen molar-refractivity contribution in [1.29, 1.82) is 0 Å². The van der Waals surface area contributed by atoms with Crippen molar-refractivity contribution in [2.45, 2.75) is 90.6 Å². The molecule has 8 nitrogen and oxygen atoms in total. The molecule has 3 aliphatic rings. The summed E-state index contributed by atoms with van der Waals surface area (Å²) < 4.78 is 6.85. The third-order valence-corrected chi connectivity index (χ3v) is 8.95. The molecule has 3 aliphatic heterocycles. The van der Waals surface area contributed by atoms with Crippen LogP contribution in [0.1, 0.15) is 61.3 Å². The van der Waals surface area contributed by atoms with Crippen molar-refractivity contribution in [2.75, 3.05) is 26.2 Å². The molecule has 3 saturated heterocycles. The number of nitrogens with zero attached hydrogens (tertiary/aromatic N) is 3. The zero-order valence-corrected chi connectivity index (χ0v) is 23.8. The lowest BCUT2D eigenvalue weighted by molar-refractivity contribution is -0.159. The van der Waals surface area contributed by atoms with Crippen molar-refractivity contribution in [3.63, 3.8) is 0 Å². The molecular formula is C29H47N3O5. The van der Waals surface area contributed by atoms with Crippen LogP contribution in [0.15, 0.2) is 25.3 Å². The van der Waals surface area contributed by atoms with Crippen LogP contribution in [-0.4, -0.2) is 93.1 Å². The van der Waals surface area contributed by atoms with E-state index in [0.29, 0.717) is 26.1 Å². The molecule has 3 amide bonds. The molecule has 37 heavy (non-hydrogen) atoms. The van der Waals surface area contributed by atoms with Gasteiger partial charge in [-0.05, 0) is 45.4 Å². The molecule has 0 radical (unpaired) electrons. The molecule has 1 spiro atoms. The normalized spacial score (nSPS) is 33.1. The number of hydrogen-bond acceptors (Lipinski definition) is 5. The molecule has 2 bridgehead atoms. The van der Waals surface area contributed by atoms with Crippen molar-refractivity contribution in [3.8, 4) is 0 Å².